The predicted octanol–water partition coefficient (Wildman–Crippen LogP) is 2.65. The Bertz CT molecular complexity index is 384. The summed E-state index contributed by atoms with van der Waals surface area (Å²) in [7, 11) is 0. The summed E-state index contributed by atoms with van der Waals surface area (Å²) in [5.41, 5.74) is 0. The number of thioether (sulfide) groups is 1. The quantitative estimate of drug-likeness (QED) is 0.438. The van der Waals surface area contributed by atoms with Gasteiger partial charge in [-0.1, -0.05) is 23.9 Å². The van der Waals surface area contributed by atoms with E-state index in [1.165, 1.54) is 9.78 Å². The molecule has 1 aliphatic heterocycles. The molecule has 13 heavy (non-hydrogen) atoms. The van der Waals surface area contributed by atoms with Gasteiger partial charge >= 0.3 is 0 Å². The van der Waals surface area contributed by atoms with E-state index in [0.717, 1.165) is 11.3 Å². The van der Waals surface area contributed by atoms with Crippen LogP contribution in [0.3, 0.4) is 0 Å². The maximum atomic E-state index is 5.03. The molecule has 0 unspecified atom stereocenters. The van der Waals surface area contributed by atoms with Crippen LogP contribution in [0, 0.1) is 0 Å². The van der Waals surface area contributed by atoms with Gasteiger partial charge in [-0.2, -0.15) is 0 Å². The Labute approximate surface area is 84.8 Å². The molecule has 0 fully saturated rings. The molecule has 0 saturated heterocycles. The molecule has 0 atom stereocenters. The van der Waals surface area contributed by atoms with Crippen LogP contribution in [0.2, 0.25) is 0 Å². The molecule has 0 saturated carbocycles. The lowest BCUT2D eigenvalue weighted by Crippen LogP contribution is -1.77. The first-order valence-corrected chi connectivity index (χ1v) is 5.53. The number of nitrogens with zero attached hydrogens (tertiary/aromatic N) is 1. The van der Waals surface area contributed by atoms with Crippen molar-refractivity contribution in [1.29, 1.82) is 0 Å². The molecule has 0 aromatic carbocycles. The third kappa shape index (κ3) is 1.86. The van der Waals surface area contributed by atoms with Gasteiger partial charge in [-0.3, -0.25) is 0 Å². The Hall–Kier alpha value is -0.960. The van der Waals surface area contributed by atoms with E-state index in [1.54, 1.807) is 23.1 Å². The van der Waals surface area contributed by atoms with Crippen LogP contribution < -0.4 is 5.84 Å². The molecule has 2 rings (SSSR count). The summed E-state index contributed by atoms with van der Waals surface area (Å²) in [6.45, 7) is 0. The fourth-order valence-electron chi connectivity index (χ4n) is 1.11. The van der Waals surface area contributed by atoms with E-state index < -0.39 is 0 Å². The van der Waals surface area contributed by atoms with E-state index in [4.69, 9.17) is 5.84 Å². The number of hydrogen-bond acceptors (Lipinski definition) is 4. The highest BCUT2D eigenvalue weighted by Crippen LogP contribution is 2.42. The summed E-state index contributed by atoms with van der Waals surface area (Å²) in [4.78, 5) is 3.69. The normalized spacial score (nSPS) is 15.4. The van der Waals surface area contributed by atoms with Crippen molar-refractivity contribution in [1.82, 2.24) is 0 Å². The standard InChI is InChI=1S/C9H8N2S2/c10-11-6-7-3-4-9(13-7)8-2-1-5-12-8/h1-2,4-5H,3,10H2. The first-order chi connectivity index (χ1) is 6.40. The largest absolute Gasteiger partial charge is 0.315 e. The third-order valence-corrected chi connectivity index (χ3v) is 3.80. The van der Waals surface area contributed by atoms with Gasteiger partial charge in [0.05, 0.1) is 4.91 Å². The average molecular weight is 208 g/mol. The molecule has 0 amide bonds. The zero-order chi connectivity index (χ0) is 9.10. The maximum absolute atomic E-state index is 5.03. The number of nitrogens with two attached hydrogens (primary N) is 1. The number of hydrogen-bond donors (Lipinski definition) is 1. The van der Waals surface area contributed by atoms with Crippen molar-refractivity contribution in [3.05, 3.63) is 33.4 Å². The van der Waals surface area contributed by atoms with Gasteiger partial charge < -0.3 is 5.84 Å². The van der Waals surface area contributed by atoms with Crippen molar-refractivity contribution in [2.24, 2.45) is 10.9 Å². The van der Waals surface area contributed by atoms with Crippen LogP contribution in [0.5, 0.6) is 0 Å². The summed E-state index contributed by atoms with van der Waals surface area (Å²) < 4.78 is 0. The third-order valence-electron chi connectivity index (χ3n) is 1.66. The SMILES string of the molecule is NN=C=C1CC=C(c2cccs2)S1. The molecule has 0 radical (unpaired) electrons. The Morgan fingerprint density at radius 3 is 3.15 bits per heavy atom. The van der Waals surface area contributed by atoms with Gasteiger partial charge in [0.25, 0.3) is 0 Å². The summed E-state index contributed by atoms with van der Waals surface area (Å²) in [5, 5.41) is 5.47. The first-order valence-electron chi connectivity index (χ1n) is 3.84. The Morgan fingerprint density at radius 1 is 1.54 bits per heavy atom. The van der Waals surface area contributed by atoms with E-state index in [0.29, 0.717) is 0 Å². The number of thiophene rings is 1. The molecule has 66 valence electrons. The smallest absolute Gasteiger partial charge is 0.0567 e. The monoisotopic (exact) mass is 208 g/mol. The van der Waals surface area contributed by atoms with Gasteiger partial charge in [-0.25, -0.2) is 0 Å². The molecule has 0 aliphatic carbocycles. The molecule has 0 spiro atoms. The molecule has 2 nitrogen and oxygen atoms in total. The Balaban J connectivity index is 2.19. The summed E-state index contributed by atoms with van der Waals surface area (Å²) in [6, 6.07) is 4.17. The minimum absolute atomic E-state index is 0.901. The van der Waals surface area contributed by atoms with E-state index in [1.807, 2.05) is 0 Å². The fraction of sp³-hybridized carbons (Fsp3) is 0.111. The van der Waals surface area contributed by atoms with Crippen LogP contribution in [0.15, 0.2) is 33.6 Å². The van der Waals surface area contributed by atoms with Gasteiger partial charge in [-0.05, 0) is 11.4 Å². The first kappa shape index (κ1) is 8.63. The summed E-state index contributed by atoms with van der Waals surface area (Å²) >= 11 is 3.44. The van der Waals surface area contributed by atoms with Crippen molar-refractivity contribution >= 4 is 33.9 Å². The van der Waals surface area contributed by atoms with Crippen LogP contribution >= 0.6 is 23.1 Å². The van der Waals surface area contributed by atoms with E-state index in [-0.39, 0.29) is 0 Å². The number of hydrazone groups is 1. The van der Waals surface area contributed by atoms with Gasteiger partial charge in [0.1, 0.15) is 0 Å². The molecular formula is C9H8N2S2. The van der Waals surface area contributed by atoms with Crippen molar-refractivity contribution in [3.8, 4) is 0 Å². The van der Waals surface area contributed by atoms with Crippen molar-refractivity contribution in [2.75, 3.05) is 0 Å². The minimum atomic E-state index is 0.901. The lowest BCUT2D eigenvalue weighted by molar-refractivity contribution is 1.27. The van der Waals surface area contributed by atoms with Gasteiger partial charge in [0.15, 0.2) is 0 Å². The molecule has 2 N–H and O–H groups in total. The number of allylic oxidation sites excluding steroid dienone is 2. The van der Waals surface area contributed by atoms with Crippen LogP contribution in [-0.2, 0) is 0 Å². The Kier molecular flexibility index (Phi) is 2.54. The van der Waals surface area contributed by atoms with Gasteiger partial charge in [0.2, 0.25) is 0 Å². The van der Waals surface area contributed by atoms with Gasteiger partial charge in [0, 0.05) is 22.1 Å². The Morgan fingerprint density at radius 2 is 2.46 bits per heavy atom. The van der Waals surface area contributed by atoms with Crippen molar-refractivity contribution in [3.63, 3.8) is 0 Å². The second-order valence-corrected chi connectivity index (χ2v) is 4.60. The topological polar surface area (TPSA) is 38.4 Å². The van der Waals surface area contributed by atoms with E-state index in [9.17, 15) is 0 Å². The second kappa shape index (κ2) is 3.83. The molecule has 1 aromatic rings. The van der Waals surface area contributed by atoms with Crippen LogP contribution in [-0.4, -0.2) is 5.87 Å². The van der Waals surface area contributed by atoms with E-state index in [2.05, 4.69) is 34.6 Å². The zero-order valence-corrected chi connectivity index (χ0v) is 8.49. The lowest BCUT2D eigenvalue weighted by atomic mass is 10.3. The molecule has 0 bridgehead atoms. The highest BCUT2D eigenvalue weighted by molar-refractivity contribution is 8.12. The predicted molar refractivity (Wildman–Crippen MR) is 59.6 cm³/mol. The summed E-state index contributed by atoms with van der Waals surface area (Å²) in [5.74, 6) is 7.80. The van der Waals surface area contributed by atoms with E-state index >= 15 is 0 Å². The average Bonchev–Trinajstić information content (AvgIpc) is 2.70. The minimum Gasteiger partial charge on any atom is -0.315 e. The fourth-order valence-corrected chi connectivity index (χ4v) is 2.91. The highest BCUT2D eigenvalue weighted by Gasteiger charge is 2.13. The lowest BCUT2D eigenvalue weighted by Gasteiger charge is -1.93. The zero-order valence-electron chi connectivity index (χ0n) is 6.86. The second-order valence-electron chi connectivity index (χ2n) is 2.52. The van der Waals surface area contributed by atoms with Gasteiger partial charge in [-0.15, -0.1) is 16.4 Å². The van der Waals surface area contributed by atoms with Crippen LogP contribution in [0.1, 0.15) is 11.3 Å². The molecule has 2 heterocycles. The summed E-state index contributed by atoms with van der Waals surface area (Å²) in [6.07, 6.45) is 3.09. The maximum Gasteiger partial charge on any atom is 0.0567 e. The van der Waals surface area contributed by atoms with Crippen LogP contribution in [0.25, 0.3) is 4.91 Å². The number of rotatable bonds is 1. The van der Waals surface area contributed by atoms with Crippen molar-refractivity contribution < 1.29 is 0 Å². The molecule has 4 heteroatoms. The molecular weight excluding hydrogens is 200 g/mol. The van der Waals surface area contributed by atoms with Crippen molar-refractivity contribution in [2.45, 2.75) is 6.42 Å². The highest BCUT2D eigenvalue weighted by atomic mass is 32.2. The van der Waals surface area contributed by atoms with Crippen LogP contribution in [0.4, 0.5) is 0 Å². The molecule has 1 aromatic heterocycles. The molecule has 1 aliphatic rings.